The molecule has 3 aromatic heterocycles. The Bertz CT molecular complexity index is 1360. The molecule has 1 amide bonds. The summed E-state index contributed by atoms with van der Waals surface area (Å²) in [5, 5.41) is 14.1. The number of amides is 1. The van der Waals surface area contributed by atoms with Crippen LogP contribution < -0.4 is 10.9 Å². The van der Waals surface area contributed by atoms with E-state index in [0.29, 0.717) is 23.3 Å². The van der Waals surface area contributed by atoms with Gasteiger partial charge in [0, 0.05) is 37.2 Å². The van der Waals surface area contributed by atoms with Crippen LogP contribution in [-0.2, 0) is 13.5 Å². The van der Waals surface area contributed by atoms with Gasteiger partial charge in [0.25, 0.3) is 11.5 Å². The van der Waals surface area contributed by atoms with E-state index >= 15 is 0 Å². The van der Waals surface area contributed by atoms with Gasteiger partial charge in [0.15, 0.2) is 0 Å². The van der Waals surface area contributed by atoms with Crippen molar-refractivity contribution in [2.24, 2.45) is 7.05 Å². The van der Waals surface area contributed by atoms with E-state index in [0.717, 1.165) is 24.0 Å². The summed E-state index contributed by atoms with van der Waals surface area (Å²) in [6.45, 7) is 0. The molecule has 0 saturated heterocycles. The van der Waals surface area contributed by atoms with Gasteiger partial charge < -0.3 is 20.0 Å². The highest BCUT2D eigenvalue weighted by atomic mass is 16.3. The number of nitrogens with one attached hydrogen (secondary N) is 2. The van der Waals surface area contributed by atoms with Crippen molar-refractivity contribution in [3.63, 3.8) is 0 Å². The number of benzene rings is 1. The van der Waals surface area contributed by atoms with E-state index in [1.807, 2.05) is 36.4 Å². The Hall–Kier alpha value is -3.78. The van der Waals surface area contributed by atoms with Gasteiger partial charge in [-0.25, -0.2) is 4.98 Å². The van der Waals surface area contributed by atoms with E-state index in [-0.39, 0.29) is 17.2 Å². The Morgan fingerprint density at radius 2 is 2.03 bits per heavy atom. The maximum atomic E-state index is 13.0. The second-order valence-electron chi connectivity index (χ2n) is 8.19. The molecule has 1 fully saturated rings. The first-order valence-corrected chi connectivity index (χ1v) is 10.6. The third-order valence-electron chi connectivity index (χ3n) is 5.71. The highest BCUT2D eigenvalue weighted by Crippen LogP contribution is 2.29. The van der Waals surface area contributed by atoms with Gasteiger partial charge in [0.1, 0.15) is 17.5 Å². The molecule has 0 bridgehead atoms. The largest absolute Gasteiger partial charge is 0.380 e. The van der Waals surface area contributed by atoms with Crippen LogP contribution in [0.15, 0.2) is 59.8 Å². The van der Waals surface area contributed by atoms with Crippen LogP contribution in [0.5, 0.6) is 0 Å². The molecule has 5 rings (SSSR count). The Labute approximate surface area is 184 Å². The second kappa shape index (κ2) is 8.05. The third-order valence-corrected chi connectivity index (χ3v) is 5.71. The van der Waals surface area contributed by atoms with Gasteiger partial charge in [0.05, 0.1) is 11.0 Å². The van der Waals surface area contributed by atoms with E-state index in [4.69, 9.17) is 0 Å². The monoisotopic (exact) mass is 429 g/mol. The van der Waals surface area contributed by atoms with Crippen LogP contribution in [0.1, 0.15) is 51.8 Å². The predicted molar refractivity (Wildman–Crippen MR) is 119 cm³/mol. The Morgan fingerprint density at radius 3 is 2.72 bits per heavy atom. The van der Waals surface area contributed by atoms with Gasteiger partial charge in [-0.05, 0) is 36.5 Å². The topological polar surface area (TPSA) is 113 Å². The number of nitrogens with zero attached hydrogens (tertiary/aromatic N) is 3. The van der Waals surface area contributed by atoms with Crippen LogP contribution in [-0.4, -0.2) is 36.6 Å². The van der Waals surface area contributed by atoms with Crippen molar-refractivity contribution >= 4 is 16.9 Å². The lowest BCUT2D eigenvalue weighted by atomic mass is 9.99. The van der Waals surface area contributed by atoms with Crippen molar-refractivity contribution in [2.45, 2.75) is 31.4 Å². The number of hydrogen-bond donors (Lipinski definition) is 3. The van der Waals surface area contributed by atoms with E-state index in [2.05, 4.69) is 20.3 Å². The maximum absolute atomic E-state index is 13.0. The van der Waals surface area contributed by atoms with Gasteiger partial charge in [-0.3, -0.25) is 14.6 Å². The summed E-state index contributed by atoms with van der Waals surface area (Å²) < 4.78 is 1.66. The first-order valence-electron chi connectivity index (χ1n) is 10.6. The second-order valence-corrected chi connectivity index (χ2v) is 8.19. The number of aryl methyl sites for hydroxylation is 1. The maximum Gasteiger partial charge on any atom is 0.261 e. The zero-order chi connectivity index (χ0) is 22.2. The van der Waals surface area contributed by atoms with Crippen LogP contribution in [0.2, 0.25) is 0 Å². The number of hydrogen-bond acceptors (Lipinski definition) is 5. The third kappa shape index (κ3) is 3.80. The van der Waals surface area contributed by atoms with E-state index in [1.54, 1.807) is 30.2 Å². The Kier molecular flexibility index (Phi) is 5.07. The summed E-state index contributed by atoms with van der Waals surface area (Å²) in [5.41, 5.74) is 2.35. The zero-order valence-corrected chi connectivity index (χ0v) is 17.6. The number of pyridine rings is 2. The molecular formula is C24H23N5O3. The quantitative estimate of drug-likeness (QED) is 0.435. The van der Waals surface area contributed by atoms with Crippen molar-refractivity contribution < 1.29 is 9.90 Å². The molecule has 0 spiro atoms. The van der Waals surface area contributed by atoms with Gasteiger partial charge in [0.2, 0.25) is 0 Å². The molecule has 1 aromatic carbocycles. The summed E-state index contributed by atoms with van der Waals surface area (Å²) in [5.74, 6) is -0.179. The summed E-state index contributed by atoms with van der Waals surface area (Å²) in [6, 6.07) is 11.8. The standard InChI is InChI=1S/C24H23N5O3/c1-29-10-9-25-22(29)21(30)18-19(23(31)27-16-7-8-16)24(32)28-17-12-15(13-26-20(17)18)11-14-5-3-2-4-6-14/h2-6,9-10,12-13,16,21,30H,7-8,11H2,1H3,(H,27,31)(H,28,32). The molecular weight excluding hydrogens is 406 g/mol. The number of imidazole rings is 1. The highest BCUT2D eigenvalue weighted by Gasteiger charge is 2.31. The number of aromatic nitrogens is 4. The predicted octanol–water partition coefficient (Wildman–Crippen LogP) is 2.22. The van der Waals surface area contributed by atoms with Crippen LogP contribution in [0.3, 0.4) is 0 Å². The lowest BCUT2D eigenvalue weighted by Gasteiger charge is -2.17. The number of fused-ring (bicyclic) bond motifs is 1. The Morgan fingerprint density at radius 1 is 1.25 bits per heavy atom. The molecule has 1 aliphatic rings. The van der Waals surface area contributed by atoms with Gasteiger partial charge >= 0.3 is 0 Å². The fourth-order valence-corrected chi connectivity index (χ4v) is 3.92. The molecule has 32 heavy (non-hydrogen) atoms. The first-order chi connectivity index (χ1) is 15.5. The smallest absolute Gasteiger partial charge is 0.261 e. The van der Waals surface area contributed by atoms with Gasteiger partial charge in [-0.1, -0.05) is 30.3 Å². The molecule has 8 nitrogen and oxygen atoms in total. The lowest BCUT2D eigenvalue weighted by molar-refractivity contribution is 0.0944. The van der Waals surface area contributed by atoms with Crippen molar-refractivity contribution in [1.82, 2.24) is 24.8 Å². The first kappa shape index (κ1) is 20.1. The number of H-pyrrole nitrogens is 1. The molecule has 0 aliphatic heterocycles. The number of rotatable bonds is 6. The average Bonchev–Trinajstić information content (AvgIpc) is 3.49. The molecule has 1 atom stereocenters. The minimum Gasteiger partial charge on any atom is -0.380 e. The number of carbonyl (C=O) groups is 1. The van der Waals surface area contributed by atoms with Crippen molar-refractivity contribution in [2.75, 3.05) is 0 Å². The number of aromatic amines is 1. The molecule has 1 saturated carbocycles. The molecule has 1 unspecified atom stereocenters. The fourth-order valence-electron chi connectivity index (χ4n) is 3.92. The van der Waals surface area contributed by atoms with Crippen LogP contribution in [0.4, 0.5) is 0 Å². The van der Waals surface area contributed by atoms with E-state index in [9.17, 15) is 14.7 Å². The highest BCUT2D eigenvalue weighted by molar-refractivity contribution is 6.00. The van der Waals surface area contributed by atoms with Gasteiger partial charge in [-0.15, -0.1) is 0 Å². The summed E-state index contributed by atoms with van der Waals surface area (Å²) in [6.07, 6.45) is 6.10. The molecule has 3 N–H and O–H groups in total. The van der Waals surface area contributed by atoms with Crippen molar-refractivity contribution in [3.05, 3.63) is 93.4 Å². The minimum absolute atomic E-state index is 0.0666. The van der Waals surface area contributed by atoms with Crippen LogP contribution >= 0.6 is 0 Å². The number of carbonyl (C=O) groups excluding carboxylic acids is 1. The number of aliphatic hydroxyl groups is 1. The van der Waals surface area contributed by atoms with Crippen LogP contribution in [0.25, 0.3) is 11.0 Å². The molecule has 3 heterocycles. The normalized spacial score (nSPS) is 14.4. The van der Waals surface area contributed by atoms with E-state index in [1.165, 1.54) is 0 Å². The molecule has 8 heteroatoms. The summed E-state index contributed by atoms with van der Waals surface area (Å²) in [4.78, 5) is 37.6. The molecule has 4 aromatic rings. The Balaban J connectivity index is 1.65. The summed E-state index contributed by atoms with van der Waals surface area (Å²) in [7, 11) is 1.75. The number of aliphatic hydroxyl groups excluding tert-OH is 1. The molecule has 0 radical (unpaired) electrons. The zero-order valence-electron chi connectivity index (χ0n) is 17.6. The average molecular weight is 429 g/mol. The van der Waals surface area contributed by atoms with Crippen molar-refractivity contribution in [1.29, 1.82) is 0 Å². The van der Waals surface area contributed by atoms with Crippen molar-refractivity contribution in [3.8, 4) is 0 Å². The SMILES string of the molecule is Cn1ccnc1C(O)c1c(C(=O)NC2CC2)c(=O)[nH]c2cc(Cc3ccccc3)cnc12. The molecule has 1 aliphatic carbocycles. The minimum atomic E-state index is -1.28. The van der Waals surface area contributed by atoms with Gasteiger partial charge in [-0.2, -0.15) is 0 Å². The van der Waals surface area contributed by atoms with E-state index < -0.39 is 17.6 Å². The van der Waals surface area contributed by atoms with Crippen LogP contribution in [0, 0.1) is 0 Å². The fraction of sp³-hybridized carbons (Fsp3) is 0.250. The lowest BCUT2D eigenvalue weighted by Crippen LogP contribution is -2.33. The molecule has 162 valence electrons. The summed E-state index contributed by atoms with van der Waals surface area (Å²) >= 11 is 0.